The Morgan fingerprint density at radius 1 is 0.833 bits per heavy atom. The topological polar surface area (TPSA) is 42.3 Å². The first-order valence-corrected chi connectivity index (χ1v) is 9.95. The summed E-state index contributed by atoms with van der Waals surface area (Å²) < 4.78 is 72.2. The molecule has 1 rings (SSSR count). The van der Waals surface area contributed by atoms with Gasteiger partial charge < -0.3 is 16.0 Å². The van der Waals surface area contributed by atoms with Crippen LogP contribution >= 0.6 is 0 Å². The molecule has 0 amide bonds. The molecule has 0 fully saturated rings. The van der Waals surface area contributed by atoms with Gasteiger partial charge in [-0.05, 0) is 0 Å². The maximum atomic E-state index is 12.1. The summed E-state index contributed by atoms with van der Waals surface area (Å²) in [4.78, 5) is 0. The quantitative estimate of drug-likeness (QED) is 0.290. The number of allylic oxidation sites excluding steroid dienone is 4. The Morgan fingerprint density at radius 3 is 1.29 bits per heavy atom. The van der Waals surface area contributed by atoms with Crippen molar-refractivity contribution in [1.29, 1.82) is 0 Å². The molecule has 0 heterocycles. The summed E-state index contributed by atoms with van der Waals surface area (Å²) in [6.07, 6.45) is 4.31. The van der Waals surface area contributed by atoms with Crippen molar-refractivity contribution in [3.63, 3.8) is 0 Å². The molecule has 0 N–H and O–H groups in total. The molecule has 1 aliphatic carbocycles. The van der Waals surface area contributed by atoms with E-state index in [9.17, 15) is 26.3 Å². The zero-order valence-corrected chi connectivity index (χ0v) is 19.4. The van der Waals surface area contributed by atoms with E-state index in [1.54, 1.807) is 42.3 Å². The summed E-state index contributed by atoms with van der Waals surface area (Å²) >= 11 is -5.48. The van der Waals surface area contributed by atoms with Gasteiger partial charge in [-0.3, -0.25) is 0 Å². The molecule has 0 aliphatic heterocycles. The molecule has 0 unspecified atom stereocenters. The van der Waals surface area contributed by atoms with Gasteiger partial charge in [0.25, 0.3) is 0 Å². The Kier molecular flexibility index (Phi) is 24.3. The molecule has 140 valence electrons. The fourth-order valence-electron chi connectivity index (χ4n) is 1.16. The predicted octanol–water partition coefficient (Wildman–Crippen LogP) is 4.50. The van der Waals surface area contributed by atoms with Gasteiger partial charge in [0, 0.05) is 0 Å². The van der Waals surface area contributed by atoms with Crippen molar-refractivity contribution in [2.24, 2.45) is 0 Å². The zero-order chi connectivity index (χ0) is 19.1. The van der Waals surface area contributed by atoms with Gasteiger partial charge in [0.1, 0.15) is 0 Å². The SMILES string of the molecule is C[N-]C.C[N-]C.C[N-]C.F[C](F)(F)[GeH]([C]1=[C-]CC=C1)[C](F)(F)F.[Zr+4]. The molecule has 0 aromatic heterocycles. The fraction of sp³-hybridized carbons (Fsp3) is 0.692. The van der Waals surface area contributed by atoms with Crippen LogP contribution in [-0.4, -0.2) is 66.7 Å². The summed E-state index contributed by atoms with van der Waals surface area (Å²) in [7, 11) is 10.5. The molecule has 0 aromatic carbocycles. The van der Waals surface area contributed by atoms with Crippen molar-refractivity contribution >= 4 is 14.3 Å². The summed E-state index contributed by atoms with van der Waals surface area (Å²) in [5, 5.41) is 0.254. The Bertz CT molecular complexity index is 314. The average molecular weight is 499 g/mol. The number of halogens is 6. The van der Waals surface area contributed by atoms with Crippen LogP contribution in [0.15, 0.2) is 16.6 Å². The molecule has 11 heteroatoms. The number of hydrogen-bond acceptors (Lipinski definition) is 0. The van der Waals surface area contributed by atoms with Crippen molar-refractivity contribution in [3.8, 4) is 0 Å². The minimum Gasteiger partial charge on any atom is 4.00 e. The summed E-state index contributed by atoms with van der Waals surface area (Å²) in [5.74, 6) is 0. The van der Waals surface area contributed by atoms with Crippen molar-refractivity contribution in [3.05, 3.63) is 38.6 Å². The van der Waals surface area contributed by atoms with E-state index in [1.165, 1.54) is 6.08 Å². The molecule has 0 radical (unpaired) electrons. The monoisotopic (exact) mass is 499 g/mol. The second-order valence-electron chi connectivity index (χ2n) is 4.10. The van der Waals surface area contributed by atoms with Gasteiger partial charge >= 0.3 is 106 Å². The van der Waals surface area contributed by atoms with E-state index in [4.69, 9.17) is 0 Å². The predicted molar refractivity (Wildman–Crippen MR) is 85.4 cm³/mol. The fourth-order valence-corrected chi connectivity index (χ4v) is 4.78. The minimum absolute atomic E-state index is 0. The van der Waals surface area contributed by atoms with Crippen LogP contribution in [0.5, 0.6) is 0 Å². The van der Waals surface area contributed by atoms with Gasteiger partial charge in [-0.25, -0.2) is 0 Å². The van der Waals surface area contributed by atoms with E-state index in [0.717, 1.165) is 6.08 Å². The molecule has 3 nitrogen and oxygen atoms in total. The Balaban J connectivity index is -0.000000169. The first-order chi connectivity index (χ1) is 10.5. The van der Waals surface area contributed by atoms with Crippen LogP contribution in [-0.2, 0) is 26.2 Å². The van der Waals surface area contributed by atoms with E-state index < -0.39 is 28.8 Å². The maximum Gasteiger partial charge on any atom is 4.00 e. The summed E-state index contributed by atoms with van der Waals surface area (Å²) in [5.41, 5.74) is 0. The standard InChI is InChI=1S/C7H5F6Ge.3C2H6N.Zr/c8-6(9,10)14(7(11,12)13)5-3-1-2-4-5;3*1-3-2;/h1,3,14H,2H2;3*1-2H3;/q4*-1;+4. The Hall–Kier alpha value is 0.366. The summed E-state index contributed by atoms with van der Waals surface area (Å²) in [6, 6.07) is 0. The Morgan fingerprint density at radius 2 is 1.12 bits per heavy atom. The number of alkyl halides is 6. The van der Waals surface area contributed by atoms with Gasteiger partial charge in [0.15, 0.2) is 0 Å². The number of nitrogens with zero attached hydrogens (tertiary/aromatic N) is 3. The number of rotatable bonds is 1. The number of hydrogen-bond donors (Lipinski definition) is 0. The molecule has 1 aliphatic rings. The van der Waals surface area contributed by atoms with Crippen LogP contribution in [0, 0.1) is 6.08 Å². The Labute approximate surface area is 163 Å². The average Bonchev–Trinajstić information content (AvgIpc) is 2.81. The third-order valence-electron chi connectivity index (χ3n) is 1.69. The molecular weight excluding hydrogens is 476 g/mol. The molecule has 0 atom stereocenters. The van der Waals surface area contributed by atoms with Gasteiger partial charge in [0.05, 0.1) is 0 Å². The van der Waals surface area contributed by atoms with Crippen molar-refractivity contribution in [2.75, 3.05) is 42.3 Å². The van der Waals surface area contributed by atoms with Gasteiger partial charge in [0.2, 0.25) is 0 Å². The van der Waals surface area contributed by atoms with Crippen LogP contribution in [0.2, 0.25) is 0 Å². The van der Waals surface area contributed by atoms with E-state index in [0.29, 0.717) is 0 Å². The van der Waals surface area contributed by atoms with Crippen molar-refractivity contribution < 1.29 is 52.5 Å². The van der Waals surface area contributed by atoms with Crippen LogP contribution in [0.4, 0.5) is 26.3 Å². The molecule has 24 heavy (non-hydrogen) atoms. The summed E-state index contributed by atoms with van der Waals surface area (Å²) in [6.45, 7) is 0. The minimum atomic E-state index is -5.48. The van der Waals surface area contributed by atoms with E-state index in [-0.39, 0.29) is 32.6 Å². The molecule has 0 saturated carbocycles. The first-order valence-electron chi connectivity index (χ1n) is 6.32. The van der Waals surface area contributed by atoms with Gasteiger partial charge in [-0.2, -0.15) is 42.3 Å². The van der Waals surface area contributed by atoms with Crippen molar-refractivity contribution in [2.45, 2.75) is 16.4 Å². The second kappa shape index (κ2) is 18.2. The van der Waals surface area contributed by atoms with Gasteiger partial charge in [-0.1, -0.05) is 0 Å². The smallest absolute Gasteiger partial charge is 4.00 e. The van der Waals surface area contributed by atoms with Crippen LogP contribution < -0.4 is 0 Å². The second-order valence-corrected chi connectivity index (χ2v) is 9.97. The van der Waals surface area contributed by atoms with E-state index >= 15 is 0 Å². The van der Waals surface area contributed by atoms with Crippen LogP contribution in [0.3, 0.4) is 0 Å². The normalized spacial score (nSPS) is 12.6. The van der Waals surface area contributed by atoms with E-state index in [1.807, 2.05) is 0 Å². The largest absolute Gasteiger partial charge is 4.00 e. The van der Waals surface area contributed by atoms with Crippen LogP contribution in [0.1, 0.15) is 6.42 Å². The van der Waals surface area contributed by atoms with Crippen LogP contribution in [0.25, 0.3) is 16.0 Å². The molecular formula is C13H23F6GeN3Zr. The molecule has 0 spiro atoms. The van der Waals surface area contributed by atoms with E-state index in [2.05, 4.69) is 22.0 Å². The van der Waals surface area contributed by atoms with Crippen molar-refractivity contribution in [1.82, 2.24) is 0 Å². The molecule has 0 aromatic rings. The molecule has 0 saturated heterocycles. The third-order valence-corrected chi connectivity index (χ3v) is 6.57. The maximum absolute atomic E-state index is 12.1. The zero-order valence-electron chi connectivity index (χ0n) is 14.5. The third kappa shape index (κ3) is 18.7. The molecule has 0 bridgehead atoms. The first kappa shape index (κ1) is 32.1. The van der Waals surface area contributed by atoms with Gasteiger partial charge in [-0.15, -0.1) is 0 Å².